The molecule has 2 N–H and O–H groups in total. The van der Waals surface area contributed by atoms with Crippen molar-refractivity contribution in [3.8, 4) is 0 Å². The van der Waals surface area contributed by atoms with Gasteiger partial charge in [-0.2, -0.15) is 0 Å². The van der Waals surface area contributed by atoms with Gasteiger partial charge in [0.05, 0.1) is 30.3 Å². The molecule has 7 nitrogen and oxygen atoms in total. The van der Waals surface area contributed by atoms with Gasteiger partial charge in [0, 0.05) is 19.3 Å². The lowest BCUT2D eigenvalue weighted by Crippen LogP contribution is -2.31. The molecule has 0 saturated carbocycles. The van der Waals surface area contributed by atoms with Crippen molar-refractivity contribution in [2.45, 2.75) is 198 Å². The average molecular weight is 595 g/mol. The Labute approximate surface area is 255 Å². The largest absolute Gasteiger partial charge is 0.462 e. The molecule has 0 amide bonds. The quantitative estimate of drug-likeness (QED) is 0.0785. The van der Waals surface area contributed by atoms with Crippen LogP contribution in [-0.4, -0.2) is 58.3 Å². The first kappa shape index (κ1) is 36.9. The van der Waals surface area contributed by atoms with Gasteiger partial charge in [0.1, 0.15) is 17.7 Å². The summed E-state index contributed by atoms with van der Waals surface area (Å²) in [6.07, 6.45) is 21.5. The van der Waals surface area contributed by atoms with Crippen LogP contribution in [0.1, 0.15) is 168 Å². The number of aliphatic hydroxyl groups is 2. The number of ketones is 2. The molecule has 0 aromatic carbocycles. The second-order valence-electron chi connectivity index (χ2n) is 13.2. The first-order valence-electron chi connectivity index (χ1n) is 17.5. The standard InChI is InChI=1S/C35H62O7/c1-3-4-5-6-7-8-9-10-11-15-21-31(38)33-23-24-34(42-33)32(39)22-17-16-19-29(37)18-13-12-14-20-30-26-28(25-27(2)36)35(40)41-30/h28,30-34,38-39H,3-26H2,1-2H3/t28-,30-,31+,32+,33-,34-/m1/s1. The summed E-state index contributed by atoms with van der Waals surface area (Å²) in [6, 6.07) is 0. The number of hydrogen-bond donors (Lipinski definition) is 2. The molecule has 2 aliphatic rings. The Bertz CT molecular complexity index is 754. The van der Waals surface area contributed by atoms with Crippen molar-refractivity contribution >= 4 is 17.5 Å². The van der Waals surface area contributed by atoms with Gasteiger partial charge < -0.3 is 24.5 Å². The fourth-order valence-electron chi connectivity index (χ4n) is 6.55. The van der Waals surface area contributed by atoms with E-state index in [1.807, 2.05) is 0 Å². The molecule has 0 aromatic rings. The number of aliphatic hydroxyl groups excluding tert-OH is 2. The highest BCUT2D eigenvalue weighted by Gasteiger charge is 2.35. The zero-order valence-corrected chi connectivity index (χ0v) is 26.9. The van der Waals surface area contributed by atoms with E-state index in [4.69, 9.17) is 9.47 Å². The lowest BCUT2D eigenvalue weighted by molar-refractivity contribution is -0.145. The molecule has 0 aromatic heterocycles. The minimum Gasteiger partial charge on any atom is -0.462 e. The Kier molecular flexibility index (Phi) is 19.5. The molecule has 2 fully saturated rings. The van der Waals surface area contributed by atoms with Gasteiger partial charge in [-0.05, 0) is 64.7 Å². The smallest absolute Gasteiger partial charge is 0.309 e. The molecule has 0 aliphatic carbocycles. The van der Waals surface area contributed by atoms with Gasteiger partial charge in [-0.25, -0.2) is 0 Å². The highest BCUT2D eigenvalue weighted by Crippen LogP contribution is 2.29. The molecule has 6 atom stereocenters. The first-order chi connectivity index (χ1) is 20.3. The number of cyclic esters (lactones) is 1. The van der Waals surface area contributed by atoms with Gasteiger partial charge >= 0.3 is 5.97 Å². The topological polar surface area (TPSA) is 110 Å². The number of rotatable bonds is 26. The highest BCUT2D eigenvalue weighted by molar-refractivity contribution is 5.83. The normalized spacial score (nSPS) is 23.7. The third-order valence-electron chi connectivity index (χ3n) is 9.18. The van der Waals surface area contributed by atoms with Crippen LogP contribution in [0, 0.1) is 5.92 Å². The number of unbranched alkanes of at least 4 members (excludes halogenated alkanes) is 12. The molecule has 7 heteroatoms. The van der Waals surface area contributed by atoms with Crippen LogP contribution < -0.4 is 0 Å². The highest BCUT2D eigenvalue weighted by atomic mass is 16.6. The zero-order chi connectivity index (χ0) is 30.6. The minimum atomic E-state index is -0.533. The monoisotopic (exact) mass is 594 g/mol. The van der Waals surface area contributed by atoms with Crippen molar-refractivity contribution in [1.82, 2.24) is 0 Å². The summed E-state index contributed by atoms with van der Waals surface area (Å²) in [6.45, 7) is 3.76. The predicted molar refractivity (Wildman–Crippen MR) is 166 cm³/mol. The molecular weight excluding hydrogens is 532 g/mol. The van der Waals surface area contributed by atoms with Crippen LogP contribution in [-0.2, 0) is 23.9 Å². The molecule has 2 aliphatic heterocycles. The fraction of sp³-hybridized carbons (Fsp3) is 0.914. The summed E-state index contributed by atoms with van der Waals surface area (Å²) >= 11 is 0. The summed E-state index contributed by atoms with van der Waals surface area (Å²) in [5, 5.41) is 21.2. The van der Waals surface area contributed by atoms with E-state index in [9.17, 15) is 24.6 Å². The van der Waals surface area contributed by atoms with Crippen molar-refractivity contribution in [2.24, 2.45) is 5.92 Å². The number of ether oxygens (including phenoxy) is 2. The number of Topliss-reactive ketones (excluding diaryl/α,β-unsaturated/α-hetero) is 2. The van der Waals surface area contributed by atoms with Crippen molar-refractivity contribution in [3.63, 3.8) is 0 Å². The summed E-state index contributed by atoms with van der Waals surface area (Å²) < 4.78 is 11.4. The van der Waals surface area contributed by atoms with E-state index in [1.165, 1.54) is 64.7 Å². The maximum atomic E-state index is 12.3. The van der Waals surface area contributed by atoms with Crippen LogP contribution in [0.15, 0.2) is 0 Å². The number of hydrogen-bond acceptors (Lipinski definition) is 7. The molecule has 2 saturated heterocycles. The van der Waals surface area contributed by atoms with E-state index in [0.717, 1.165) is 64.2 Å². The maximum Gasteiger partial charge on any atom is 0.309 e. The molecule has 42 heavy (non-hydrogen) atoms. The third-order valence-corrected chi connectivity index (χ3v) is 9.18. The van der Waals surface area contributed by atoms with Crippen molar-refractivity contribution in [1.29, 1.82) is 0 Å². The molecule has 2 heterocycles. The second kappa shape index (κ2) is 22.2. The lowest BCUT2D eigenvalue weighted by atomic mass is 9.96. The summed E-state index contributed by atoms with van der Waals surface area (Å²) in [5.74, 6) is -0.228. The Morgan fingerprint density at radius 1 is 0.762 bits per heavy atom. The van der Waals surface area contributed by atoms with Gasteiger partial charge in [0.15, 0.2) is 0 Å². The first-order valence-corrected chi connectivity index (χ1v) is 17.5. The Hall–Kier alpha value is -1.31. The van der Waals surface area contributed by atoms with Gasteiger partial charge in [0.2, 0.25) is 0 Å². The molecule has 0 unspecified atom stereocenters. The molecule has 2 rings (SSSR count). The van der Waals surface area contributed by atoms with Crippen LogP contribution in [0.3, 0.4) is 0 Å². The van der Waals surface area contributed by atoms with Gasteiger partial charge in [-0.3, -0.25) is 9.59 Å². The number of carbonyl (C=O) groups is 3. The van der Waals surface area contributed by atoms with E-state index in [0.29, 0.717) is 25.7 Å². The minimum absolute atomic E-state index is 0.0241. The lowest BCUT2D eigenvalue weighted by Gasteiger charge is -2.22. The van der Waals surface area contributed by atoms with Crippen molar-refractivity contribution in [2.75, 3.05) is 0 Å². The van der Waals surface area contributed by atoms with Crippen LogP contribution >= 0.6 is 0 Å². The number of esters is 1. The van der Waals surface area contributed by atoms with Gasteiger partial charge in [0.25, 0.3) is 0 Å². The summed E-state index contributed by atoms with van der Waals surface area (Å²) in [5.41, 5.74) is 0. The van der Waals surface area contributed by atoms with Crippen molar-refractivity contribution in [3.05, 3.63) is 0 Å². The summed E-state index contributed by atoms with van der Waals surface area (Å²) in [4.78, 5) is 35.3. The van der Waals surface area contributed by atoms with Crippen LogP contribution in [0.2, 0.25) is 0 Å². The zero-order valence-electron chi connectivity index (χ0n) is 26.9. The fourth-order valence-corrected chi connectivity index (χ4v) is 6.55. The van der Waals surface area contributed by atoms with E-state index in [-0.39, 0.29) is 48.2 Å². The van der Waals surface area contributed by atoms with Crippen LogP contribution in [0.5, 0.6) is 0 Å². The SMILES string of the molecule is CCCCCCCCCCCC[C@H](O)[C@H]1CC[C@H]([C@@H](O)CCCCC(=O)CCCCC[C@@H]2C[C@@H](CC(C)=O)C(=O)O2)O1. The third kappa shape index (κ3) is 16.0. The van der Waals surface area contributed by atoms with E-state index in [2.05, 4.69) is 6.92 Å². The maximum absolute atomic E-state index is 12.3. The molecule has 244 valence electrons. The van der Waals surface area contributed by atoms with Crippen LogP contribution in [0.25, 0.3) is 0 Å². The Morgan fingerprint density at radius 3 is 1.83 bits per heavy atom. The predicted octanol–water partition coefficient (Wildman–Crippen LogP) is 7.56. The van der Waals surface area contributed by atoms with Crippen molar-refractivity contribution < 1.29 is 34.1 Å². The molecule has 0 radical (unpaired) electrons. The second-order valence-corrected chi connectivity index (χ2v) is 13.2. The van der Waals surface area contributed by atoms with Gasteiger partial charge in [-0.1, -0.05) is 84.0 Å². The molecular formula is C35H62O7. The summed E-state index contributed by atoms with van der Waals surface area (Å²) in [7, 11) is 0. The van der Waals surface area contributed by atoms with E-state index >= 15 is 0 Å². The van der Waals surface area contributed by atoms with E-state index < -0.39 is 12.2 Å². The Morgan fingerprint density at radius 2 is 1.26 bits per heavy atom. The van der Waals surface area contributed by atoms with Gasteiger partial charge in [-0.15, -0.1) is 0 Å². The Balaban J connectivity index is 1.42. The van der Waals surface area contributed by atoms with E-state index in [1.54, 1.807) is 0 Å². The van der Waals surface area contributed by atoms with Crippen LogP contribution in [0.4, 0.5) is 0 Å². The molecule has 0 bridgehead atoms. The number of carbonyl (C=O) groups excluding carboxylic acids is 3. The average Bonchev–Trinajstić information content (AvgIpc) is 3.58. The molecule has 0 spiro atoms.